The largest absolute Gasteiger partial charge is 0.478 e. The molecule has 0 unspecified atom stereocenters. The first-order valence-corrected chi connectivity index (χ1v) is 3.83. The molecule has 2 nitrogen and oxygen atoms in total. The smallest absolute Gasteiger partial charge is 0.336 e. The monoisotopic (exact) mass is 174 g/mol. The number of rotatable bonds is 1. The molecule has 0 aliphatic rings. The molecule has 2 heteroatoms. The molecule has 13 heavy (non-hydrogen) atoms. The quantitative estimate of drug-likeness (QED) is 0.721. The third-order valence-corrected chi connectivity index (χ3v) is 1.87. The minimum atomic E-state index is -1.11. The van der Waals surface area contributed by atoms with Crippen LogP contribution in [0.3, 0.4) is 0 Å². The lowest BCUT2D eigenvalue weighted by Gasteiger charge is -2.00. The summed E-state index contributed by atoms with van der Waals surface area (Å²) >= 11 is 0. The average molecular weight is 174 g/mol. The van der Waals surface area contributed by atoms with Gasteiger partial charge in [-0.25, -0.2) is 4.79 Å². The highest BCUT2D eigenvalue weighted by molar-refractivity contribution is 6.03. The maximum atomic E-state index is 11.0. The normalized spacial score (nSPS) is 12.3. The molecular formula is C11H8O2. The molecule has 0 saturated carbocycles. The lowest BCUT2D eigenvalue weighted by molar-refractivity contribution is 0.0699. The number of hydrogen-bond acceptors (Lipinski definition) is 1. The van der Waals surface area contributed by atoms with Crippen molar-refractivity contribution in [3.63, 3.8) is 0 Å². The number of carboxylic acid groups (broad SMARTS) is 1. The van der Waals surface area contributed by atoms with E-state index in [-0.39, 0.29) is 11.6 Å². The molecule has 2 aromatic carbocycles. The molecule has 64 valence electrons. The molecule has 0 amide bonds. The second kappa shape index (κ2) is 2.90. The molecule has 0 saturated heterocycles. The van der Waals surface area contributed by atoms with E-state index in [9.17, 15) is 4.79 Å². The Bertz CT molecular complexity index is 550. The maximum Gasteiger partial charge on any atom is 0.336 e. The number of hydrogen-bond donors (Lipinski definition) is 1. The second-order valence-corrected chi connectivity index (χ2v) is 2.67. The summed E-state index contributed by atoms with van der Waals surface area (Å²) < 4.78 is 14.9. The zero-order valence-corrected chi connectivity index (χ0v) is 6.74. The summed E-state index contributed by atoms with van der Waals surface area (Å²) in [5, 5.41) is 10.1. The fourth-order valence-electron chi connectivity index (χ4n) is 1.28. The molecule has 0 radical (unpaired) electrons. The van der Waals surface area contributed by atoms with Crippen molar-refractivity contribution in [2.45, 2.75) is 0 Å². The number of aromatic carboxylic acids is 1. The van der Waals surface area contributed by atoms with Crippen LogP contribution in [-0.2, 0) is 0 Å². The number of benzene rings is 2. The van der Waals surface area contributed by atoms with Crippen LogP contribution in [0, 0.1) is 0 Å². The zero-order valence-electron chi connectivity index (χ0n) is 8.74. The van der Waals surface area contributed by atoms with Crippen LogP contribution >= 0.6 is 0 Å². The lowest BCUT2D eigenvalue weighted by Crippen LogP contribution is -1.96. The van der Waals surface area contributed by atoms with Gasteiger partial charge in [0.05, 0.1) is 8.30 Å². The number of carbonyl (C=O) groups is 1. The summed E-state index contributed by atoms with van der Waals surface area (Å²) in [6.07, 6.45) is 0. The first-order valence-electron chi connectivity index (χ1n) is 4.83. The predicted molar refractivity (Wildman–Crippen MR) is 50.9 cm³/mol. The highest BCUT2D eigenvalue weighted by Gasteiger charge is 2.05. The van der Waals surface area contributed by atoms with E-state index in [2.05, 4.69) is 0 Å². The third kappa shape index (κ3) is 1.26. The summed E-state index contributed by atoms with van der Waals surface area (Å²) in [4.78, 5) is 11.0. The van der Waals surface area contributed by atoms with Gasteiger partial charge < -0.3 is 5.11 Å². The molecule has 1 N–H and O–H groups in total. The Balaban J connectivity index is 2.88. The van der Waals surface area contributed by atoms with E-state index in [1.165, 1.54) is 12.1 Å². The van der Waals surface area contributed by atoms with E-state index < -0.39 is 5.97 Å². The molecular weight excluding hydrogens is 164 g/mol. The van der Waals surface area contributed by atoms with Crippen LogP contribution < -0.4 is 0 Å². The summed E-state index contributed by atoms with van der Waals surface area (Å²) in [5.74, 6) is -1.11. The van der Waals surface area contributed by atoms with Crippen molar-refractivity contribution in [1.82, 2.24) is 0 Å². The van der Waals surface area contributed by atoms with Gasteiger partial charge in [0.1, 0.15) is 0 Å². The highest BCUT2D eigenvalue weighted by Crippen LogP contribution is 2.17. The van der Waals surface area contributed by atoms with Gasteiger partial charge in [0.2, 0.25) is 0 Å². The van der Waals surface area contributed by atoms with Crippen LogP contribution in [0.1, 0.15) is 13.1 Å². The van der Waals surface area contributed by atoms with Gasteiger partial charge in [-0.1, -0.05) is 36.4 Å². The van der Waals surface area contributed by atoms with E-state index in [4.69, 9.17) is 7.85 Å². The fraction of sp³-hybridized carbons (Fsp3) is 0. The average Bonchev–Trinajstić information content (AvgIpc) is 2.17. The number of fused-ring (bicyclic) bond motifs is 1. The molecule has 2 aromatic rings. The van der Waals surface area contributed by atoms with Gasteiger partial charge in [0.25, 0.3) is 0 Å². The Morgan fingerprint density at radius 3 is 2.92 bits per heavy atom. The highest BCUT2D eigenvalue weighted by atomic mass is 16.4. The summed E-state index contributed by atoms with van der Waals surface area (Å²) in [7, 11) is 0. The first kappa shape index (κ1) is 5.75. The third-order valence-electron chi connectivity index (χ3n) is 1.87. The van der Waals surface area contributed by atoms with Gasteiger partial charge in [-0.2, -0.15) is 0 Å². The van der Waals surface area contributed by atoms with Crippen molar-refractivity contribution in [2.75, 3.05) is 0 Å². The van der Waals surface area contributed by atoms with Crippen LogP contribution in [0.15, 0.2) is 42.4 Å². The van der Waals surface area contributed by atoms with Crippen molar-refractivity contribution in [2.24, 2.45) is 0 Å². The minimum absolute atomic E-state index is 0.00673. The second-order valence-electron chi connectivity index (χ2n) is 2.67. The van der Waals surface area contributed by atoms with E-state index in [0.717, 1.165) is 0 Å². The Hall–Kier alpha value is -1.83. The van der Waals surface area contributed by atoms with Gasteiger partial charge in [-0.15, -0.1) is 0 Å². The molecule has 0 fully saturated rings. The van der Waals surface area contributed by atoms with Crippen LogP contribution in [0.2, 0.25) is 0 Å². The van der Waals surface area contributed by atoms with E-state index in [1.807, 2.05) is 0 Å². The van der Waals surface area contributed by atoms with Crippen molar-refractivity contribution < 1.29 is 12.6 Å². The van der Waals surface area contributed by atoms with Gasteiger partial charge >= 0.3 is 5.97 Å². The molecule has 0 aliphatic carbocycles. The van der Waals surface area contributed by atoms with Crippen LogP contribution in [0.4, 0.5) is 0 Å². The molecule has 2 rings (SSSR count). The van der Waals surface area contributed by atoms with Crippen molar-refractivity contribution in [3.05, 3.63) is 48.0 Å². The Kier molecular flexibility index (Phi) is 1.28. The fourth-order valence-corrected chi connectivity index (χ4v) is 1.28. The van der Waals surface area contributed by atoms with Crippen LogP contribution in [0.5, 0.6) is 0 Å². The summed E-state index contributed by atoms with van der Waals surface area (Å²) in [5.41, 5.74) is -0.00694. The van der Waals surface area contributed by atoms with E-state index in [0.29, 0.717) is 16.8 Å². The molecule has 0 spiro atoms. The van der Waals surface area contributed by atoms with Crippen molar-refractivity contribution in [3.8, 4) is 0 Å². The Morgan fingerprint density at radius 2 is 2.15 bits per heavy atom. The van der Waals surface area contributed by atoms with Gasteiger partial charge in [0.15, 0.2) is 0 Å². The molecule has 0 heterocycles. The van der Waals surface area contributed by atoms with Crippen molar-refractivity contribution in [1.29, 1.82) is 0 Å². The molecule has 0 bridgehead atoms. The van der Waals surface area contributed by atoms with Crippen molar-refractivity contribution >= 4 is 16.7 Å². The lowest BCUT2D eigenvalue weighted by atomic mass is 10.1. The molecule has 0 aliphatic heterocycles. The summed E-state index contributed by atoms with van der Waals surface area (Å²) in [6.45, 7) is 0. The molecule has 0 atom stereocenters. The maximum absolute atomic E-state index is 11.0. The predicted octanol–water partition coefficient (Wildman–Crippen LogP) is 2.54. The van der Waals surface area contributed by atoms with Crippen LogP contribution in [-0.4, -0.2) is 11.1 Å². The minimum Gasteiger partial charge on any atom is -0.478 e. The van der Waals surface area contributed by atoms with Gasteiger partial charge in [-0.3, -0.25) is 0 Å². The topological polar surface area (TPSA) is 37.3 Å². The van der Waals surface area contributed by atoms with Gasteiger partial charge in [0, 0.05) is 0 Å². The molecule has 0 aromatic heterocycles. The standard InChI is InChI=1S/C11H8O2/c12-11(13)10-7-3-5-8-4-1-2-6-9(8)10/h1-7H,(H,12,13)/i1D,7D. The zero-order chi connectivity index (χ0) is 11.0. The number of carboxylic acids is 1. The Morgan fingerprint density at radius 1 is 1.31 bits per heavy atom. The Labute approximate surface area is 78.2 Å². The van der Waals surface area contributed by atoms with E-state index >= 15 is 0 Å². The summed E-state index contributed by atoms with van der Waals surface area (Å²) in [6, 6.07) is 8.09. The SMILES string of the molecule is [2H]c1ccc2c(C(=O)O)c([2H])ccc2c1. The first-order chi connectivity index (χ1) is 7.09. The van der Waals surface area contributed by atoms with Gasteiger partial charge in [-0.05, 0) is 16.8 Å². The van der Waals surface area contributed by atoms with Crippen LogP contribution in [0.25, 0.3) is 10.8 Å². The van der Waals surface area contributed by atoms with E-state index in [1.54, 1.807) is 18.2 Å².